The first-order valence-electron chi connectivity index (χ1n) is 5.93. The second-order valence-corrected chi connectivity index (χ2v) is 6.77. The van der Waals surface area contributed by atoms with Crippen LogP contribution in [0.25, 0.3) is 0 Å². The Morgan fingerprint density at radius 1 is 1.50 bits per heavy atom. The highest BCUT2D eigenvalue weighted by atomic mass is 79.9. The summed E-state index contributed by atoms with van der Waals surface area (Å²) in [6.07, 6.45) is 2.36. The molecule has 0 aromatic carbocycles. The summed E-state index contributed by atoms with van der Waals surface area (Å²) in [6, 6.07) is 1.95. The minimum absolute atomic E-state index is 0. The van der Waals surface area contributed by atoms with E-state index in [4.69, 9.17) is 0 Å². The van der Waals surface area contributed by atoms with Gasteiger partial charge in [-0.2, -0.15) is 0 Å². The first kappa shape index (κ1) is 14.3. The maximum absolute atomic E-state index is 12.4. The Bertz CT molecular complexity index is 445. The molecule has 1 atom stereocenters. The van der Waals surface area contributed by atoms with E-state index in [0.717, 1.165) is 41.9 Å². The van der Waals surface area contributed by atoms with Crippen molar-refractivity contribution in [2.75, 3.05) is 26.2 Å². The molecule has 2 fully saturated rings. The van der Waals surface area contributed by atoms with Crippen molar-refractivity contribution in [1.82, 2.24) is 10.2 Å². The maximum atomic E-state index is 12.4. The van der Waals surface area contributed by atoms with Gasteiger partial charge < -0.3 is 10.2 Å². The molecule has 3 nitrogen and oxygen atoms in total. The van der Waals surface area contributed by atoms with E-state index in [1.807, 2.05) is 16.3 Å². The van der Waals surface area contributed by atoms with Gasteiger partial charge in [0, 0.05) is 29.5 Å². The third-order valence-corrected chi connectivity index (χ3v) is 5.69. The molecule has 1 aromatic heterocycles. The molecule has 3 rings (SSSR count). The van der Waals surface area contributed by atoms with Crippen molar-refractivity contribution in [3.8, 4) is 0 Å². The second kappa shape index (κ2) is 5.49. The summed E-state index contributed by atoms with van der Waals surface area (Å²) >= 11 is 4.96. The molecule has 2 aliphatic rings. The lowest BCUT2D eigenvalue weighted by Gasteiger charge is -2.22. The van der Waals surface area contributed by atoms with Crippen molar-refractivity contribution >= 4 is 45.6 Å². The number of likely N-dealkylation sites (tertiary alicyclic amines) is 1. The molecule has 0 radical (unpaired) electrons. The highest BCUT2D eigenvalue weighted by molar-refractivity contribution is 9.10. The zero-order chi connectivity index (χ0) is 11.9. The molecule has 2 saturated heterocycles. The van der Waals surface area contributed by atoms with Crippen molar-refractivity contribution in [2.45, 2.75) is 12.8 Å². The van der Waals surface area contributed by atoms with Crippen LogP contribution in [0.5, 0.6) is 0 Å². The number of hydrogen-bond acceptors (Lipinski definition) is 3. The van der Waals surface area contributed by atoms with E-state index in [1.54, 1.807) is 0 Å². The van der Waals surface area contributed by atoms with E-state index in [0.29, 0.717) is 5.41 Å². The Morgan fingerprint density at radius 3 is 2.94 bits per heavy atom. The van der Waals surface area contributed by atoms with Gasteiger partial charge in [-0.05, 0) is 46.8 Å². The molecule has 2 aliphatic heterocycles. The quantitative estimate of drug-likeness (QED) is 0.844. The fourth-order valence-electron chi connectivity index (χ4n) is 2.84. The lowest BCUT2D eigenvalue weighted by atomic mass is 9.87. The van der Waals surface area contributed by atoms with E-state index in [2.05, 4.69) is 21.2 Å². The van der Waals surface area contributed by atoms with E-state index in [-0.39, 0.29) is 18.3 Å². The fraction of sp³-hybridized carbons (Fsp3) is 0.583. The number of carbonyl (C=O) groups is 1. The Balaban J connectivity index is 0.00000120. The molecule has 0 saturated carbocycles. The monoisotopic (exact) mass is 350 g/mol. The summed E-state index contributed by atoms with van der Waals surface area (Å²) in [5.41, 5.74) is 0.361. The molecular weight excluding hydrogens is 336 g/mol. The van der Waals surface area contributed by atoms with Gasteiger partial charge in [-0.1, -0.05) is 0 Å². The highest BCUT2D eigenvalue weighted by Gasteiger charge is 2.42. The van der Waals surface area contributed by atoms with Gasteiger partial charge in [0.15, 0.2) is 0 Å². The molecule has 6 heteroatoms. The zero-order valence-corrected chi connectivity index (χ0v) is 13.2. The second-order valence-electron chi connectivity index (χ2n) is 5.00. The van der Waals surface area contributed by atoms with Crippen LogP contribution in [0, 0.1) is 5.41 Å². The SMILES string of the molecule is Cl.O=C(c1sccc1Br)N1CCC2(CCNC2)C1. The Hall–Kier alpha value is -0.100. The van der Waals surface area contributed by atoms with Gasteiger partial charge in [-0.25, -0.2) is 0 Å². The Labute approximate surface area is 125 Å². The molecule has 100 valence electrons. The minimum Gasteiger partial charge on any atom is -0.337 e. The summed E-state index contributed by atoms with van der Waals surface area (Å²) in [4.78, 5) is 15.2. The smallest absolute Gasteiger partial charge is 0.265 e. The molecule has 0 bridgehead atoms. The van der Waals surface area contributed by atoms with Crippen LogP contribution in [0.15, 0.2) is 15.9 Å². The molecule has 1 aromatic rings. The molecule has 1 spiro atoms. The molecule has 18 heavy (non-hydrogen) atoms. The summed E-state index contributed by atoms with van der Waals surface area (Å²) in [5.74, 6) is 0.190. The normalized spacial score (nSPS) is 26.6. The van der Waals surface area contributed by atoms with Crippen molar-refractivity contribution in [2.24, 2.45) is 5.41 Å². The van der Waals surface area contributed by atoms with Gasteiger partial charge in [-0.15, -0.1) is 23.7 Å². The number of thiophene rings is 1. The van der Waals surface area contributed by atoms with Crippen LogP contribution in [0.1, 0.15) is 22.5 Å². The van der Waals surface area contributed by atoms with Crippen molar-refractivity contribution in [1.29, 1.82) is 0 Å². The number of carbonyl (C=O) groups excluding carboxylic acids is 1. The van der Waals surface area contributed by atoms with E-state index >= 15 is 0 Å². The van der Waals surface area contributed by atoms with Crippen LogP contribution in [-0.2, 0) is 0 Å². The van der Waals surface area contributed by atoms with Crippen LogP contribution in [-0.4, -0.2) is 37.0 Å². The van der Waals surface area contributed by atoms with E-state index in [1.165, 1.54) is 17.8 Å². The number of hydrogen-bond donors (Lipinski definition) is 1. The summed E-state index contributed by atoms with van der Waals surface area (Å²) in [6.45, 7) is 4.00. The molecule has 1 amide bonds. The Morgan fingerprint density at radius 2 is 2.33 bits per heavy atom. The predicted molar refractivity (Wildman–Crippen MR) is 79.7 cm³/mol. The van der Waals surface area contributed by atoms with Gasteiger partial charge in [0.05, 0.1) is 0 Å². The molecule has 0 aliphatic carbocycles. The molecule has 1 unspecified atom stereocenters. The number of nitrogens with zero attached hydrogens (tertiary/aromatic N) is 1. The first-order valence-corrected chi connectivity index (χ1v) is 7.60. The van der Waals surface area contributed by atoms with Gasteiger partial charge in [-0.3, -0.25) is 4.79 Å². The van der Waals surface area contributed by atoms with Crippen LogP contribution in [0.4, 0.5) is 0 Å². The minimum atomic E-state index is 0. The third kappa shape index (κ3) is 2.46. The number of nitrogens with one attached hydrogen (secondary N) is 1. The predicted octanol–water partition coefficient (Wildman–Crippen LogP) is 2.76. The standard InChI is InChI=1S/C12H15BrN2OS.ClH/c13-9-1-6-17-10(9)11(16)15-5-3-12(8-15)2-4-14-7-12;/h1,6,14H,2-5,7-8H2;1H. The number of rotatable bonds is 1. The first-order chi connectivity index (χ1) is 8.20. The topological polar surface area (TPSA) is 32.3 Å². The average Bonchev–Trinajstić information content (AvgIpc) is 3.02. The lowest BCUT2D eigenvalue weighted by Crippen LogP contribution is -2.33. The zero-order valence-electron chi connectivity index (χ0n) is 9.95. The van der Waals surface area contributed by atoms with E-state index in [9.17, 15) is 4.79 Å². The average molecular weight is 352 g/mol. The maximum Gasteiger partial charge on any atom is 0.265 e. The van der Waals surface area contributed by atoms with Crippen LogP contribution >= 0.6 is 39.7 Å². The van der Waals surface area contributed by atoms with Crippen LogP contribution in [0.3, 0.4) is 0 Å². The third-order valence-electron chi connectivity index (χ3n) is 3.87. The molecule has 3 heterocycles. The van der Waals surface area contributed by atoms with Crippen molar-refractivity contribution in [3.63, 3.8) is 0 Å². The van der Waals surface area contributed by atoms with Gasteiger partial charge >= 0.3 is 0 Å². The summed E-state index contributed by atoms with van der Waals surface area (Å²) in [7, 11) is 0. The van der Waals surface area contributed by atoms with Crippen molar-refractivity contribution in [3.05, 3.63) is 20.8 Å². The van der Waals surface area contributed by atoms with Crippen molar-refractivity contribution < 1.29 is 4.79 Å². The van der Waals surface area contributed by atoms with Gasteiger partial charge in [0.1, 0.15) is 4.88 Å². The molecule has 1 N–H and O–H groups in total. The van der Waals surface area contributed by atoms with E-state index < -0.39 is 0 Å². The largest absolute Gasteiger partial charge is 0.337 e. The number of halogens is 2. The highest BCUT2D eigenvalue weighted by Crippen LogP contribution is 2.37. The van der Waals surface area contributed by atoms with Crippen LogP contribution in [0.2, 0.25) is 0 Å². The van der Waals surface area contributed by atoms with Gasteiger partial charge in [0.25, 0.3) is 5.91 Å². The Kier molecular flexibility index (Phi) is 4.36. The summed E-state index contributed by atoms with van der Waals surface area (Å²) in [5, 5.41) is 5.37. The van der Waals surface area contributed by atoms with Crippen LogP contribution < -0.4 is 5.32 Å². The fourth-order valence-corrected chi connectivity index (χ4v) is 4.35. The van der Waals surface area contributed by atoms with Gasteiger partial charge in [0.2, 0.25) is 0 Å². The molecular formula is C12H16BrClN2OS. The number of amides is 1. The summed E-state index contributed by atoms with van der Waals surface area (Å²) < 4.78 is 0.929. The lowest BCUT2D eigenvalue weighted by molar-refractivity contribution is 0.0779.